The van der Waals surface area contributed by atoms with E-state index < -0.39 is 11.9 Å². The standard InChI is InChI=1S/C27H22N2O5/c1-32-21-12-14-22(15-13-21)33-18-26(30)29-28-17-24-23-10-6-5-7-19(23)11-16-25(24)34-27(31)20-8-3-2-4-9-20/h2-17H,18H2,1H3,(H,29,30)/b28-17-. The number of ether oxygens (including phenoxy) is 3. The number of benzene rings is 4. The van der Waals surface area contributed by atoms with Crippen molar-refractivity contribution in [1.29, 1.82) is 0 Å². The molecule has 0 bridgehead atoms. The second kappa shape index (κ2) is 10.8. The van der Waals surface area contributed by atoms with Crippen molar-refractivity contribution in [3.05, 3.63) is 102 Å². The van der Waals surface area contributed by atoms with E-state index in [-0.39, 0.29) is 6.61 Å². The molecule has 0 aromatic heterocycles. The molecule has 4 aromatic rings. The van der Waals surface area contributed by atoms with E-state index in [1.54, 1.807) is 61.7 Å². The third kappa shape index (κ3) is 5.58. The van der Waals surface area contributed by atoms with Crippen LogP contribution in [0.3, 0.4) is 0 Å². The van der Waals surface area contributed by atoms with E-state index in [1.165, 1.54) is 6.21 Å². The topological polar surface area (TPSA) is 86.2 Å². The van der Waals surface area contributed by atoms with Crippen LogP contribution in [-0.2, 0) is 4.79 Å². The van der Waals surface area contributed by atoms with Crippen LogP contribution in [0.5, 0.6) is 17.2 Å². The molecule has 0 unspecified atom stereocenters. The summed E-state index contributed by atoms with van der Waals surface area (Å²) in [5.41, 5.74) is 3.44. The van der Waals surface area contributed by atoms with Gasteiger partial charge in [-0.15, -0.1) is 0 Å². The van der Waals surface area contributed by atoms with E-state index in [2.05, 4.69) is 10.5 Å². The van der Waals surface area contributed by atoms with Gasteiger partial charge in [-0.1, -0.05) is 48.5 Å². The monoisotopic (exact) mass is 454 g/mol. The van der Waals surface area contributed by atoms with Crippen molar-refractivity contribution in [1.82, 2.24) is 5.43 Å². The van der Waals surface area contributed by atoms with Gasteiger partial charge in [-0.2, -0.15) is 5.10 Å². The molecular weight excluding hydrogens is 432 g/mol. The quantitative estimate of drug-likeness (QED) is 0.182. The van der Waals surface area contributed by atoms with Crippen LogP contribution in [0.2, 0.25) is 0 Å². The minimum Gasteiger partial charge on any atom is -0.497 e. The lowest BCUT2D eigenvalue weighted by atomic mass is 10.0. The maximum absolute atomic E-state index is 12.6. The number of hydrogen-bond acceptors (Lipinski definition) is 6. The molecule has 0 aliphatic rings. The average molecular weight is 454 g/mol. The van der Waals surface area contributed by atoms with Crippen molar-refractivity contribution in [2.75, 3.05) is 13.7 Å². The molecule has 7 nitrogen and oxygen atoms in total. The highest BCUT2D eigenvalue weighted by molar-refractivity contribution is 6.04. The molecule has 0 radical (unpaired) electrons. The van der Waals surface area contributed by atoms with Crippen molar-refractivity contribution in [2.24, 2.45) is 5.10 Å². The van der Waals surface area contributed by atoms with Gasteiger partial charge in [0.2, 0.25) is 0 Å². The Labute approximate surface area is 196 Å². The molecule has 34 heavy (non-hydrogen) atoms. The summed E-state index contributed by atoms with van der Waals surface area (Å²) in [4.78, 5) is 24.8. The summed E-state index contributed by atoms with van der Waals surface area (Å²) < 4.78 is 16.2. The maximum atomic E-state index is 12.6. The molecule has 1 N–H and O–H groups in total. The lowest BCUT2D eigenvalue weighted by Crippen LogP contribution is -2.24. The van der Waals surface area contributed by atoms with Gasteiger partial charge in [0.05, 0.1) is 18.9 Å². The molecule has 0 heterocycles. The summed E-state index contributed by atoms with van der Waals surface area (Å²) in [5, 5.41) is 5.83. The highest BCUT2D eigenvalue weighted by Crippen LogP contribution is 2.27. The number of hydrogen-bond donors (Lipinski definition) is 1. The van der Waals surface area contributed by atoms with Gasteiger partial charge in [0.25, 0.3) is 5.91 Å². The molecule has 0 fully saturated rings. The first-order valence-electron chi connectivity index (χ1n) is 10.5. The van der Waals surface area contributed by atoms with Gasteiger partial charge in [0, 0.05) is 5.56 Å². The number of carbonyl (C=O) groups excluding carboxylic acids is 2. The van der Waals surface area contributed by atoms with Crippen LogP contribution < -0.4 is 19.6 Å². The maximum Gasteiger partial charge on any atom is 0.343 e. The smallest absolute Gasteiger partial charge is 0.343 e. The first-order valence-corrected chi connectivity index (χ1v) is 10.5. The van der Waals surface area contributed by atoms with Crippen molar-refractivity contribution in [3.8, 4) is 17.2 Å². The Bertz CT molecular complexity index is 1320. The summed E-state index contributed by atoms with van der Waals surface area (Å²) in [5.74, 6) is 0.641. The first-order chi connectivity index (χ1) is 16.6. The lowest BCUT2D eigenvalue weighted by Gasteiger charge is -2.10. The van der Waals surface area contributed by atoms with Gasteiger partial charge in [0.1, 0.15) is 17.2 Å². The molecule has 0 spiro atoms. The Kier molecular flexibility index (Phi) is 7.15. The zero-order chi connectivity index (χ0) is 23.8. The Hall–Kier alpha value is -4.65. The van der Waals surface area contributed by atoms with Crippen molar-refractivity contribution < 1.29 is 23.8 Å². The SMILES string of the molecule is COc1ccc(OCC(=O)N/N=C\c2c(OC(=O)c3ccccc3)ccc3ccccc23)cc1. The molecule has 4 aromatic carbocycles. The summed E-state index contributed by atoms with van der Waals surface area (Å²) in [6, 6.07) is 26.8. The summed E-state index contributed by atoms with van der Waals surface area (Å²) in [6.07, 6.45) is 1.46. The predicted molar refractivity (Wildman–Crippen MR) is 130 cm³/mol. The Morgan fingerprint density at radius 1 is 0.853 bits per heavy atom. The summed E-state index contributed by atoms with van der Waals surface area (Å²) >= 11 is 0. The van der Waals surface area contributed by atoms with Gasteiger partial charge in [0.15, 0.2) is 6.61 Å². The number of rotatable bonds is 8. The third-order valence-electron chi connectivity index (χ3n) is 4.96. The van der Waals surface area contributed by atoms with Gasteiger partial charge >= 0.3 is 5.97 Å². The second-order valence-corrected chi connectivity index (χ2v) is 7.21. The van der Waals surface area contributed by atoms with Crippen LogP contribution in [-0.4, -0.2) is 31.8 Å². The van der Waals surface area contributed by atoms with Crippen LogP contribution in [0.15, 0.2) is 96.1 Å². The average Bonchev–Trinajstić information content (AvgIpc) is 2.89. The number of esters is 1. The van der Waals surface area contributed by atoms with Crippen molar-refractivity contribution in [2.45, 2.75) is 0 Å². The molecule has 7 heteroatoms. The Morgan fingerprint density at radius 3 is 2.32 bits per heavy atom. The van der Waals surface area contributed by atoms with Crippen molar-refractivity contribution in [3.63, 3.8) is 0 Å². The molecular formula is C27H22N2O5. The fourth-order valence-corrected chi connectivity index (χ4v) is 3.25. The molecule has 0 aliphatic heterocycles. The van der Waals surface area contributed by atoms with E-state index in [0.717, 1.165) is 10.8 Å². The van der Waals surface area contributed by atoms with Crippen molar-refractivity contribution >= 4 is 28.9 Å². The first kappa shape index (κ1) is 22.5. The van der Waals surface area contributed by atoms with E-state index in [0.29, 0.717) is 28.4 Å². The van der Waals surface area contributed by atoms with Crippen LogP contribution in [0, 0.1) is 0 Å². The predicted octanol–water partition coefficient (Wildman–Crippen LogP) is 4.60. The van der Waals surface area contributed by atoms with Crippen LogP contribution in [0.4, 0.5) is 0 Å². The number of hydrazone groups is 1. The summed E-state index contributed by atoms with van der Waals surface area (Å²) in [6.45, 7) is -0.213. The van der Waals surface area contributed by atoms with Crippen LogP contribution in [0.1, 0.15) is 15.9 Å². The molecule has 1 amide bonds. The number of carbonyl (C=O) groups is 2. The minimum atomic E-state index is -0.484. The molecule has 0 saturated carbocycles. The Morgan fingerprint density at radius 2 is 1.56 bits per heavy atom. The van der Waals surface area contributed by atoms with Gasteiger partial charge in [-0.05, 0) is 53.2 Å². The number of nitrogens with one attached hydrogen (secondary N) is 1. The van der Waals surface area contributed by atoms with Gasteiger partial charge in [-0.3, -0.25) is 4.79 Å². The number of methoxy groups -OCH3 is 1. The molecule has 0 saturated heterocycles. The fourth-order valence-electron chi connectivity index (χ4n) is 3.25. The van der Waals surface area contributed by atoms with Crippen LogP contribution >= 0.6 is 0 Å². The minimum absolute atomic E-state index is 0.213. The Balaban J connectivity index is 1.47. The van der Waals surface area contributed by atoms with E-state index >= 15 is 0 Å². The molecule has 0 aliphatic carbocycles. The van der Waals surface area contributed by atoms with Gasteiger partial charge in [-0.25, -0.2) is 10.2 Å². The van der Waals surface area contributed by atoms with Gasteiger partial charge < -0.3 is 14.2 Å². The second-order valence-electron chi connectivity index (χ2n) is 7.21. The zero-order valence-corrected chi connectivity index (χ0v) is 18.4. The van der Waals surface area contributed by atoms with Crippen LogP contribution in [0.25, 0.3) is 10.8 Å². The van der Waals surface area contributed by atoms with E-state index in [1.807, 2.05) is 36.4 Å². The largest absolute Gasteiger partial charge is 0.497 e. The van der Waals surface area contributed by atoms with E-state index in [4.69, 9.17) is 14.2 Å². The summed E-state index contributed by atoms with van der Waals surface area (Å²) in [7, 11) is 1.57. The lowest BCUT2D eigenvalue weighted by molar-refractivity contribution is -0.123. The number of nitrogens with zero attached hydrogens (tertiary/aromatic N) is 1. The fraction of sp³-hybridized carbons (Fsp3) is 0.0741. The molecule has 0 atom stereocenters. The highest BCUT2D eigenvalue weighted by atomic mass is 16.5. The number of fused-ring (bicyclic) bond motifs is 1. The van der Waals surface area contributed by atoms with E-state index in [9.17, 15) is 9.59 Å². The normalized spacial score (nSPS) is 10.7. The third-order valence-corrected chi connectivity index (χ3v) is 4.96. The molecule has 4 rings (SSSR count). The molecule has 170 valence electrons. The highest BCUT2D eigenvalue weighted by Gasteiger charge is 2.13. The number of amides is 1. The zero-order valence-electron chi connectivity index (χ0n) is 18.4.